The maximum absolute atomic E-state index is 9.69. The summed E-state index contributed by atoms with van der Waals surface area (Å²) in [6.45, 7) is 2.64. The summed E-state index contributed by atoms with van der Waals surface area (Å²) >= 11 is 0. The average molecular weight is 194 g/mol. The van der Waals surface area contributed by atoms with E-state index >= 15 is 0 Å². The van der Waals surface area contributed by atoms with Crippen molar-refractivity contribution in [2.24, 2.45) is 11.5 Å². The van der Waals surface area contributed by atoms with Crippen LogP contribution in [0.3, 0.4) is 0 Å². The van der Waals surface area contributed by atoms with E-state index in [1.54, 1.807) is 0 Å². The van der Waals surface area contributed by atoms with E-state index < -0.39 is 7.60 Å². The summed E-state index contributed by atoms with van der Waals surface area (Å²) in [4.78, 5) is 15.9. The van der Waals surface area contributed by atoms with Gasteiger partial charge in [0, 0.05) is 19.3 Å². The quantitative estimate of drug-likeness (QED) is 0.314. The molecule has 0 saturated heterocycles. The third-order valence-electron chi connectivity index (χ3n) is 0.579. The molecule has 6 N–H and O–H groups in total. The van der Waals surface area contributed by atoms with Crippen molar-refractivity contribution in [1.29, 1.82) is 0 Å². The Bertz CT molecular complexity index is 106. The van der Waals surface area contributed by atoms with E-state index in [2.05, 4.69) is 0 Å². The van der Waals surface area contributed by atoms with Crippen LogP contribution in [0.4, 0.5) is 0 Å². The van der Waals surface area contributed by atoms with Gasteiger partial charge in [0.25, 0.3) is 0 Å². The van der Waals surface area contributed by atoms with Gasteiger partial charge >= 0.3 is 37.2 Å². The molecule has 66 valence electrons. The summed E-state index contributed by atoms with van der Waals surface area (Å²) in [5, 5.41) is 0. The molecule has 5 nitrogen and oxygen atoms in total. The molecule has 0 rings (SSSR count). The van der Waals surface area contributed by atoms with Crippen LogP contribution in [-0.2, 0) is 4.57 Å². The van der Waals surface area contributed by atoms with Crippen LogP contribution in [0.5, 0.6) is 0 Å². The number of rotatable bonds is 2. The van der Waals surface area contributed by atoms with E-state index in [1.165, 1.54) is 6.92 Å². The van der Waals surface area contributed by atoms with Crippen LogP contribution in [0.15, 0.2) is 0 Å². The van der Waals surface area contributed by atoms with Gasteiger partial charge in [-0.15, -0.1) is 0 Å². The molecule has 0 aliphatic rings. The molecule has 0 aliphatic carbocycles. The van der Waals surface area contributed by atoms with E-state index in [4.69, 9.17) is 21.3 Å². The molecule has 11 heavy (non-hydrogen) atoms. The van der Waals surface area contributed by atoms with Gasteiger partial charge in [-0.3, -0.25) is 4.57 Å². The normalized spacial score (nSPS) is 9.18. The molecule has 0 aromatic carbocycles. The van der Waals surface area contributed by atoms with Crippen LogP contribution in [0, 0.1) is 0 Å². The van der Waals surface area contributed by atoms with Gasteiger partial charge in [-0.05, 0) is 0 Å². The molecular formula is C4H16N2NaO3P. The first-order valence-electron chi connectivity index (χ1n) is 2.92. The molecule has 0 aromatic rings. The number of hydrogen-bond acceptors (Lipinski definition) is 3. The van der Waals surface area contributed by atoms with Crippen molar-refractivity contribution in [2.75, 3.05) is 19.3 Å². The van der Waals surface area contributed by atoms with E-state index in [-0.39, 0.29) is 35.7 Å². The third kappa shape index (κ3) is 35.4. The fraction of sp³-hybridized carbons (Fsp3) is 1.00. The van der Waals surface area contributed by atoms with E-state index in [0.717, 1.165) is 0 Å². The standard InChI is InChI=1S/C2H8N2.C2H7O3P.Na.H/c3-1-2-4;1-2-6(3,4)5;;/h1-4H2;2H2,1H3,(H2,3,4,5);;. The Morgan fingerprint density at radius 1 is 1.27 bits per heavy atom. The monoisotopic (exact) mass is 194 g/mol. The summed E-state index contributed by atoms with van der Waals surface area (Å²) in [6, 6.07) is 0. The van der Waals surface area contributed by atoms with Gasteiger partial charge in [-0.1, -0.05) is 6.92 Å². The Morgan fingerprint density at radius 3 is 1.45 bits per heavy atom. The van der Waals surface area contributed by atoms with Gasteiger partial charge in [0.1, 0.15) is 0 Å². The molecule has 0 radical (unpaired) electrons. The molecular weight excluding hydrogens is 178 g/mol. The summed E-state index contributed by atoms with van der Waals surface area (Å²) in [5.41, 5.74) is 9.81. The second kappa shape index (κ2) is 11.1. The summed E-state index contributed by atoms with van der Waals surface area (Å²) in [7, 11) is -3.65. The first kappa shape index (κ1) is 18.0. The zero-order chi connectivity index (χ0) is 8.62. The molecule has 0 heterocycles. The van der Waals surface area contributed by atoms with E-state index in [0.29, 0.717) is 13.1 Å². The number of hydrogen-bond donors (Lipinski definition) is 4. The van der Waals surface area contributed by atoms with Gasteiger partial charge in [0.05, 0.1) is 0 Å². The second-order valence-corrected chi connectivity index (χ2v) is 3.52. The van der Waals surface area contributed by atoms with Crippen LogP contribution >= 0.6 is 7.60 Å². The molecule has 0 saturated carbocycles. The van der Waals surface area contributed by atoms with Gasteiger partial charge < -0.3 is 21.3 Å². The number of nitrogens with two attached hydrogens (primary N) is 2. The summed E-state index contributed by atoms with van der Waals surface area (Å²) in [5.74, 6) is 0. The minimum absolute atomic E-state index is 0. The van der Waals surface area contributed by atoms with Crippen molar-refractivity contribution in [2.45, 2.75) is 6.92 Å². The fourth-order valence-electron chi connectivity index (χ4n) is 0. The van der Waals surface area contributed by atoms with Crippen LogP contribution in [0.1, 0.15) is 6.92 Å². The molecule has 0 atom stereocenters. The molecule has 0 fully saturated rings. The zero-order valence-electron chi connectivity index (χ0n) is 6.03. The first-order valence-corrected chi connectivity index (χ1v) is 4.72. The Hall–Kier alpha value is 1.07. The van der Waals surface area contributed by atoms with Crippen LogP contribution in [0.2, 0.25) is 0 Å². The van der Waals surface area contributed by atoms with Crippen molar-refractivity contribution in [3.63, 3.8) is 0 Å². The van der Waals surface area contributed by atoms with Crippen LogP contribution in [-0.4, -0.2) is 58.6 Å². The van der Waals surface area contributed by atoms with E-state index in [9.17, 15) is 4.57 Å². The molecule has 0 amide bonds. The molecule has 0 aromatic heterocycles. The van der Waals surface area contributed by atoms with Crippen molar-refractivity contribution in [1.82, 2.24) is 0 Å². The Balaban J connectivity index is -0.000000114. The SMILES string of the molecule is CCP(=O)(O)O.NCCN.[NaH]. The first-order chi connectivity index (χ1) is 4.47. The van der Waals surface area contributed by atoms with Gasteiger partial charge in [-0.25, -0.2) is 0 Å². The Labute approximate surface area is 89.0 Å². The average Bonchev–Trinajstić information content (AvgIpc) is 1.87. The van der Waals surface area contributed by atoms with Crippen LogP contribution < -0.4 is 11.5 Å². The summed E-state index contributed by atoms with van der Waals surface area (Å²) < 4.78 is 9.69. The Kier molecular flexibility index (Phi) is 18.1. The molecule has 0 spiro atoms. The zero-order valence-corrected chi connectivity index (χ0v) is 6.92. The van der Waals surface area contributed by atoms with Crippen molar-refractivity contribution in [3.8, 4) is 0 Å². The maximum atomic E-state index is 9.69. The fourth-order valence-corrected chi connectivity index (χ4v) is 0. The molecule has 0 unspecified atom stereocenters. The predicted molar refractivity (Wildman–Crippen MR) is 47.8 cm³/mol. The molecule has 0 bridgehead atoms. The van der Waals surface area contributed by atoms with Crippen LogP contribution in [0.25, 0.3) is 0 Å². The summed E-state index contributed by atoms with van der Waals surface area (Å²) in [6.07, 6.45) is -0.0625. The minimum atomic E-state index is -3.65. The topological polar surface area (TPSA) is 110 Å². The predicted octanol–water partition coefficient (Wildman–Crippen LogP) is -1.56. The molecule has 7 heteroatoms. The van der Waals surface area contributed by atoms with Crippen molar-refractivity contribution in [3.05, 3.63) is 0 Å². The molecule has 0 aliphatic heterocycles. The van der Waals surface area contributed by atoms with Gasteiger partial charge in [-0.2, -0.15) is 0 Å². The van der Waals surface area contributed by atoms with E-state index in [1.807, 2.05) is 0 Å². The Morgan fingerprint density at radius 2 is 1.45 bits per heavy atom. The second-order valence-electron chi connectivity index (χ2n) is 1.56. The third-order valence-corrected chi connectivity index (χ3v) is 1.40. The van der Waals surface area contributed by atoms with Crippen molar-refractivity contribution < 1.29 is 14.4 Å². The van der Waals surface area contributed by atoms with Gasteiger partial charge in [0.2, 0.25) is 0 Å². The van der Waals surface area contributed by atoms with Gasteiger partial charge in [0.15, 0.2) is 0 Å². The van der Waals surface area contributed by atoms with Crippen molar-refractivity contribution >= 4 is 37.2 Å².